The molecule has 2 aromatic heterocycles. The molecule has 32 heavy (non-hydrogen) atoms. The summed E-state index contributed by atoms with van der Waals surface area (Å²) in [5.74, 6) is -0.230. The van der Waals surface area contributed by atoms with E-state index in [-0.39, 0.29) is 5.91 Å². The van der Waals surface area contributed by atoms with Gasteiger partial charge in [0.25, 0.3) is 5.91 Å². The second-order valence-electron chi connectivity index (χ2n) is 7.44. The second-order valence-corrected chi connectivity index (χ2v) is 10.0. The SMILES string of the molecule is Cc1ccc(C)n1-c1ccc(C(=O)Nc2nc(-c3ccc(NS(C)(=O)=O)cc3)cs2)cc1. The average molecular weight is 467 g/mol. The van der Waals surface area contributed by atoms with E-state index in [4.69, 9.17) is 0 Å². The van der Waals surface area contributed by atoms with Crippen LogP contribution in [-0.2, 0) is 10.0 Å². The Hall–Kier alpha value is -3.43. The van der Waals surface area contributed by atoms with Gasteiger partial charge in [0.2, 0.25) is 10.0 Å². The minimum Gasteiger partial charge on any atom is -0.319 e. The Morgan fingerprint density at radius 2 is 1.56 bits per heavy atom. The van der Waals surface area contributed by atoms with E-state index < -0.39 is 10.0 Å². The van der Waals surface area contributed by atoms with E-state index >= 15 is 0 Å². The minimum atomic E-state index is -3.32. The molecule has 0 saturated carbocycles. The standard InChI is InChI=1S/C23H22N4O3S2/c1-15-4-5-16(2)27(15)20-12-8-18(9-13-20)22(28)25-23-24-21(14-31-23)17-6-10-19(11-7-17)26-32(3,29)30/h4-14,26H,1-3H3,(H,24,25,28). The van der Waals surface area contributed by atoms with Crippen LogP contribution in [0.5, 0.6) is 0 Å². The predicted octanol–water partition coefficient (Wildman–Crippen LogP) is 4.84. The molecule has 0 aliphatic heterocycles. The molecule has 4 aromatic rings. The maximum absolute atomic E-state index is 12.7. The molecule has 2 heterocycles. The number of hydrogen-bond donors (Lipinski definition) is 2. The molecule has 0 aliphatic rings. The lowest BCUT2D eigenvalue weighted by Gasteiger charge is -2.10. The number of thiazole rings is 1. The van der Waals surface area contributed by atoms with Gasteiger partial charge in [0, 0.05) is 39.3 Å². The summed E-state index contributed by atoms with van der Waals surface area (Å²) in [4.78, 5) is 17.1. The van der Waals surface area contributed by atoms with E-state index in [1.165, 1.54) is 11.3 Å². The third kappa shape index (κ3) is 4.90. The van der Waals surface area contributed by atoms with Crippen LogP contribution >= 0.6 is 11.3 Å². The second kappa shape index (κ2) is 8.60. The van der Waals surface area contributed by atoms with Gasteiger partial charge < -0.3 is 4.57 Å². The van der Waals surface area contributed by atoms with Crippen molar-refractivity contribution in [1.82, 2.24) is 9.55 Å². The molecule has 4 rings (SSSR count). The first-order chi connectivity index (χ1) is 15.2. The lowest BCUT2D eigenvalue weighted by atomic mass is 10.1. The summed E-state index contributed by atoms with van der Waals surface area (Å²) in [6.45, 7) is 4.09. The lowest BCUT2D eigenvalue weighted by molar-refractivity contribution is 0.102. The largest absolute Gasteiger partial charge is 0.319 e. The summed E-state index contributed by atoms with van der Waals surface area (Å²) in [5, 5.41) is 5.17. The van der Waals surface area contributed by atoms with E-state index in [0.29, 0.717) is 22.1 Å². The molecule has 164 valence electrons. The molecule has 0 radical (unpaired) electrons. The lowest BCUT2D eigenvalue weighted by Crippen LogP contribution is -2.12. The van der Waals surface area contributed by atoms with E-state index in [0.717, 1.165) is 28.9 Å². The van der Waals surface area contributed by atoms with Gasteiger partial charge in [-0.3, -0.25) is 14.8 Å². The molecule has 1 amide bonds. The molecule has 9 heteroatoms. The van der Waals surface area contributed by atoms with Crippen LogP contribution in [0.25, 0.3) is 16.9 Å². The molecule has 0 bridgehead atoms. The highest BCUT2D eigenvalue weighted by molar-refractivity contribution is 7.92. The van der Waals surface area contributed by atoms with Crippen molar-refractivity contribution in [2.24, 2.45) is 0 Å². The van der Waals surface area contributed by atoms with Crippen molar-refractivity contribution >= 4 is 38.1 Å². The Bertz CT molecular complexity index is 1350. The topological polar surface area (TPSA) is 93.1 Å². The molecule has 0 unspecified atom stereocenters. The van der Waals surface area contributed by atoms with Gasteiger partial charge in [0.1, 0.15) is 0 Å². The molecular formula is C23H22N4O3S2. The minimum absolute atomic E-state index is 0.230. The molecule has 0 saturated heterocycles. The summed E-state index contributed by atoms with van der Waals surface area (Å²) in [6, 6.07) is 18.5. The summed E-state index contributed by atoms with van der Waals surface area (Å²) in [5.41, 5.74) is 5.82. The van der Waals surface area contributed by atoms with Crippen molar-refractivity contribution in [3.63, 3.8) is 0 Å². The summed E-state index contributed by atoms with van der Waals surface area (Å²) < 4.78 is 27.2. The van der Waals surface area contributed by atoms with E-state index in [9.17, 15) is 13.2 Å². The van der Waals surface area contributed by atoms with Crippen LogP contribution < -0.4 is 10.0 Å². The average Bonchev–Trinajstić information content (AvgIpc) is 3.34. The Balaban J connectivity index is 1.45. The van der Waals surface area contributed by atoms with Crippen molar-refractivity contribution in [3.8, 4) is 16.9 Å². The molecule has 0 aliphatic carbocycles. The molecule has 7 nitrogen and oxygen atoms in total. The highest BCUT2D eigenvalue weighted by Gasteiger charge is 2.12. The third-order valence-corrected chi connectivity index (χ3v) is 6.23. The number of aromatic nitrogens is 2. The van der Waals surface area contributed by atoms with Gasteiger partial charge >= 0.3 is 0 Å². The zero-order valence-electron chi connectivity index (χ0n) is 17.8. The molecule has 0 spiro atoms. The van der Waals surface area contributed by atoms with Crippen molar-refractivity contribution in [1.29, 1.82) is 0 Å². The van der Waals surface area contributed by atoms with Crippen LogP contribution in [0.3, 0.4) is 0 Å². The van der Waals surface area contributed by atoms with E-state index in [2.05, 4.69) is 31.7 Å². The normalized spacial score (nSPS) is 11.3. The summed E-state index contributed by atoms with van der Waals surface area (Å²) in [6.07, 6.45) is 1.10. The first kappa shape index (κ1) is 21.8. The summed E-state index contributed by atoms with van der Waals surface area (Å²) in [7, 11) is -3.32. The van der Waals surface area contributed by atoms with Gasteiger partial charge in [0.15, 0.2) is 5.13 Å². The van der Waals surface area contributed by atoms with E-state index in [1.54, 1.807) is 36.4 Å². The van der Waals surface area contributed by atoms with Crippen LogP contribution in [0.15, 0.2) is 66.0 Å². The molecule has 2 aromatic carbocycles. The number of anilines is 2. The highest BCUT2D eigenvalue weighted by atomic mass is 32.2. The van der Waals surface area contributed by atoms with Gasteiger partial charge in [-0.25, -0.2) is 13.4 Å². The Labute approximate surface area is 190 Å². The van der Waals surface area contributed by atoms with Crippen molar-refractivity contribution in [2.45, 2.75) is 13.8 Å². The van der Waals surface area contributed by atoms with Crippen LogP contribution in [0, 0.1) is 13.8 Å². The first-order valence-corrected chi connectivity index (χ1v) is 12.6. The number of amides is 1. The van der Waals surface area contributed by atoms with Gasteiger partial charge in [-0.05, 0) is 62.4 Å². The fourth-order valence-electron chi connectivity index (χ4n) is 3.39. The molecule has 0 atom stereocenters. The Kier molecular flexibility index (Phi) is 5.86. The van der Waals surface area contributed by atoms with E-state index in [1.807, 2.05) is 31.4 Å². The van der Waals surface area contributed by atoms with Crippen molar-refractivity contribution in [2.75, 3.05) is 16.3 Å². The zero-order chi connectivity index (χ0) is 22.9. The zero-order valence-corrected chi connectivity index (χ0v) is 19.4. The van der Waals surface area contributed by atoms with Crippen LogP contribution in [0.2, 0.25) is 0 Å². The van der Waals surface area contributed by atoms with Crippen molar-refractivity contribution < 1.29 is 13.2 Å². The van der Waals surface area contributed by atoms with Crippen LogP contribution in [-0.4, -0.2) is 30.1 Å². The number of carbonyl (C=O) groups excluding carboxylic acids is 1. The number of rotatable bonds is 6. The number of nitrogens with one attached hydrogen (secondary N) is 2. The number of benzene rings is 2. The van der Waals surface area contributed by atoms with Gasteiger partial charge in [0.05, 0.1) is 11.9 Å². The number of nitrogens with zero attached hydrogens (tertiary/aromatic N) is 2. The highest BCUT2D eigenvalue weighted by Crippen LogP contribution is 2.26. The molecule has 0 fully saturated rings. The van der Waals surface area contributed by atoms with Gasteiger partial charge in [-0.1, -0.05) is 12.1 Å². The first-order valence-electron chi connectivity index (χ1n) is 9.80. The Morgan fingerprint density at radius 3 is 2.16 bits per heavy atom. The van der Waals surface area contributed by atoms with Gasteiger partial charge in [-0.2, -0.15) is 0 Å². The van der Waals surface area contributed by atoms with Crippen LogP contribution in [0.4, 0.5) is 10.8 Å². The summed E-state index contributed by atoms with van der Waals surface area (Å²) >= 11 is 1.33. The molecular weight excluding hydrogens is 444 g/mol. The van der Waals surface area contributed by atoms with Crippen molar-refractivity contribution in [3.05, 3.63) is 83.0 Å². The number of hydrogen-bond acceptors (Lipinski definition) is 5. The van der Waals surface area contributed by atoms with Gasteiger partial charge in [-0.15, -0.1) is 11.3 Å². The fourth-order valence-corrected chi connectivity index (χ4v) is 4.67. The Morgan fingerprint density at radius 1 is 0.938 bits per heavy atom. The molecule has 2 N–H and O–H groups in total. The quantitative estimate of drug-likeness (QED) is 0.425. The number of aryl methyl sites for hydroxylation is 2. The number of carbonyl (C=O) groups is 1. The number of sulfonamides is 1. The monoisotopic (exact) mass is 466 g/mol. The predicted molar refractivity (Wildman–Crippen MR) is 129 cm³/mol. The maximum atomic E-state index is 12.7. The fraction of sp³-hybridized carbons (Fsp3) is 0.130. The smallest absolute Gasteiger partial charge is 0.257 e. The van der Waals surface area contributed by atoms with Crippen LogP contribution in [0.1, 0.15) is 21.7 Å². The third-order valence-electron chi connectivity index (χ3n) is 4.87. The maximum Gasteiger partial charge on any atom is 0.257 e.